The number of fused-ring (bicyclic) bond motifs is 1. The van der Waals surface area contributed by atoms with Gasteiger partial charge in [0.2, 0.25) is 0 Å². The topological polar surface area (TPSA) is 113 Å². The molecule has 0 aliphatic heterocycles. The number of halogens is 2. The molecule has 1 saturated carbocycles. The highest BCUT2D eigenvalue weighted by atomic mass is 35.5. The van der Waals surface area contributed by atoms with Gasteiger partial charge in [-0.05, 0) is 49.2 Å². The quantitative estimate of drug-likeness (QED) is 0.200. The molecule has 11 heteroatoms. The van der Waals surface area contributed by atoms with Gasteiger partial charge in [0.15, 0.2) is 11.5 Å². The largest absolute Gasteiger partial charge is 0.495 e. The Bertz CT molecular complexity index is 1410. The Morgan fingerprint density at radius 2 is 1.73 bits per heavy atom. The number of carbonyl (C=O) groups is 1. The van der Waals surface area contributed by atoms with Gasteiger partial charge in [0.25, 0.3) is 5.91 Å². The van der Waals surface area contributed by atoms with Crippen molar-refractivity contribution in [2.75, 3.05) is 37.9 Å². The summed E-state index contributed by atoms with van der Waals surface area (Å²) in [5.74, 6) is 0.915. The number of carbonyl (C=O) groups excluding carboxylic acids is 1. The zero-order valence-corrected chi connectivity index (χ0v) is 21.8. The van der Waals surface area contributed by atoms with Crippen LogP contribution >= 0.6 is 23.2 Å². The van der Waals surface area contributed by atoms with Crippen molar-refractivity contribution in [1.82, 2.24) is 20.5 Å². The SMILES string of the molecule is COc1cc(OC)c(Cl)c(-c2ccc3c(NC(=O)c4ccc(NCCNC5CC5)cc4)n[nH]c3n2)c1Cl. The number of hydrogen-bond acceptors (Lipinski definition) is 7. The molecule has 2 aromatic heterocycles. The third kappa shape index (κ3) is 5.44. The van der Waals surface area contributed by atoms with E-state index in [9.17, 15) is 4.79 Å². The molecule has 4 N–H and O–H groups in total. The van der Waals surface area contributed by atoms with E-state index in [0.29, 0.717) is 61.3 Å². The van der Waals surface area contributed by atoms with E-state index in [0.717, 1.165) is 18.8 Å². The summed E-state index contributed by atoms with van der Waals surface area (Å²) in [6, 6.07) is 13.2. The highest BCUT2D eigenvalue weighted by molar-refractivity contribution is 6.41. The normalized spacial score (nSPS) is 13.0. The van der Waals surface area contributed by atoms with Gasteiger partial charge < -0.3 is 25.4 Å². The minimum atomic E-state index is -0.275. The number of anilines is 2. The summed E-state index contributed by atoms with van der Waals surface area (Å²) in [4.78, 5) is 17.5. The van der Waals surface area contributed by atoms with Crippen LogP contribution in [0.1, 0.15) is 23.2 Å². The maximum atomic E-state index is 12.8. The molecule has 0 spiro atoms. The summed E-state index contributed by atoms with van der Waals surface area (Å²) < 4.78 is 10.7. The minimum absolute atomic E-state index is 0.275. The lowest BCUT2D eigenvalue weighted by atomic mass is 10.1. The van der Waals surface area contributed by atoms with Crippen molar-refractivity contribution in [3.05, 3.63) is 58.1 Å². The lowest BCUT2D eigenvalue weighted by molar-refractivity contribution is 0.102. The molecule has 1 aliphatic carbocycles. The van der Waals surface area contributed by atoms with Crippen molar-refractivity contribution in [3.8, 4) is 22.8 Å². The highest BCUT2D eigenvalue weighted by Gasteiger charge is 2.21. The Morgan fingerprint density at radius 1 is 1.03 bits per heavy atom. The van der Waals surface area contributed by atoms with Gasteiger partial charge in [-0.3, -0.25) is 9.89 Å². The molecule has 5 rings (SSSR count). The molecule has 4 aromatic rings. The average molecular weight is 541 g/mol. The molecular formula is C26H26Cl2N6O3. The minimum Gasteiger partial charge on any atom is -0.495 e. The molecule has 2 heterocycles. The Kier molecular flexibility index (Phi) is 7.36. The van der Waals surface area contributed by atoms with Crippen molar-refractivity contribution in [1.29, 1.82) is 0 Å². The van der Waals surface area contributed by atoms with Crippen LogP contribution in [-0.4, -0.2) is 54.4 Å². The van der Waals surface area contributed by atoms with E-state index in [1.54, 1.807) is 30.3 Å². The molecular weight excluding hydrogens is 515 g/mol. The molecule has 0 bridgehead atoms. The molecule has 0 saturated heterocycles. The van der Waals surface area contributed by atoms with E-state index in [-0.39, 0.29) is 5.91 Å². The van der Waals surface area contributed by atoms with Crippen LogP contribution in [0.15, 0.2) is 42.5 Å². The third-order valence-corrected chi connectivity index (χ3v) is 6.85. The summed E-state index contributed by atoms with van der Waals surface area (Å²) in [7, 11) is 3.02. The standard InChI is InChI=1S/C26H26Cl2N6O3/c1-36-19-13-20(37-2)23(28)21(22(19)27)18-10-9-17-24(31-18)33-34-25(17)32-26(35)14-3-5-15(6-4-14)29-11-12-30-16-7-8-16/h3-6,9-10,13,16,29-30H,7-8,11-12H2,1-2H3,(H2,31,32,33,34,35). The van der Waals surface area contributed by atoms with Gasteiger partial charge in [-0.2, -0.15) is 5.10 Å². The van der Waals surface area contributed by atoms with Crippen LogP contribution in [0.3, 0.4) is 0 Å². The maximum Gasteiger partial charge on any atom is 0.256 e. The smallest absolute Gasteiger partial charge is 0.256 e. The second kappa shape index (κ2) is 10.8. The number of rotatable bonds is 10. The molecule has 1 amide bonds. The van der Waals surface area contributed by atoms with Gasteiger partial charge in [0.05, 0.1) is 35.3 Å². The van der Waals surface area contributed by atoms with E-state index in [1.807, 2.05) is 12.1 Å². The number of methoxy groups -OCH3 is 2. The molecule has 37 heavy (non-hydrogen) atoms. The van der Waals surface area contributed by atoms with E-state index < -0.39 is 0 Å². The van der Waals surface area contributed by atoms with Crippen LogP contribution in [0.25, 0.3) is 22.3 Å². The zero-order chi connectivity index (χ0) is 25.9. The van der Waals surface area contributed by atoms with Crippen LogP contribution in [0.4, 0.5) is 11.5 Å². The van der Waals surface area contributed by atoms with Gasteiger partial charge in [0.1, 0.15) is 11.5 Å². The summed E-state index contributed by atoms with van der Waals surface area (Å²) in [5.41, 5.74) is 2.91. The van der Waals surface area contributed by atoms with E-state index in [2.05, 4.69) is 31.1 Å². The highest BCUT2D eigenvalue weighted by Crippen LogP contribution is 2.45. The van der Waals surface area contributed by atoms with E-state index in [4.69, 9.17) is 32.7 Å². The summed E-state index contributed by atoms with van der Waals surface area (Å²) in [6.07, 6.45) is 2.54. The predicted octanol–water partition coefficient (Wildman–Crippen LogP) is 5.37. The number of H-pyrrole nitrogens is 1. The second-order valence-electron chi connectivity index (χ2n) is 8.64. The van der Waals surface area contributed by atoms with Crippen molar-refractivity contribution in [2.24, 2.45) is 0 Å². The van der Waals surface area contributed by atoms with Gasteiger partial charge in [-0.15, -0.1) is 0 Å². The van der Waals surface area contributed by atoms with E-state index >= 15 is 0 Å². The third-order valence-electron chi connectivity index (χ3n) is 6.10. The van der Waals surface area contributed by atoms with Gasteiger partial charge in [-0.1, -0.05) is 23.2 Å². The lowest BCUT2D eigenvalue weighted by Crippen LogP contribution is -2.23. The van der Waals surface area contributed by atoms with E-state index in [1.165, 1.54) is 27.1 Å². The number of nitrogens with one attached hydrogen (secondary N) is 4. The number of aromatic nitrogens is 3. The first-order valence-electron chi connectivity index (χ1n) is 11.8. The number of aromatic amines is 1. The number of nitrogens with zero attached hydrogens (tertiary/aromatic N) is 2. The monoisotopic (exact) mass is 540 g/mol. The number of ether oxygens (including phenoxy) is 2. The number of pyridine rings is 1. The van der Waals surface area contributed by atoms with Gasteiger partial charge >= 0.3 is 0 Å². The van der Waals surface area contributed by atoms with Crippen LogP contribution in [0, 0.1) is 0 Å². The lowest BCUT2D eigenvalue weighted by Gasteiger charge is -2.14. The number of hydrogen-bond donors (Lipinski definition) is 4. The molecule has 192 valence electrons. The fourth-order valence-electron chi connectivity index (χ4n) is 3.94. The van der Waals surface area contributed by atoms with Crippen molar-refractivity contribution >= 4 is 51.6 Å². The maximum absolute atomic E-state index is 12.8. The summed E-state index contributed by atoms with van der Waals surface area (Å²) in [6.45, 7) is 1.74. The number of amides is 1. The van der Waals surface area contributed by atoms with Crippen LogP contribution in [0.2, 0.25) is 10.0 Å². The Morgan fingerprint density at radius 3 is 2.38 bits per heavy atom. The Balaban J connectivity index is 1.31. The average Bonchev–Trinajstić information content (AvgIpc) is 3.66. The van der Waals surface area contributed by atoms with Crippen LogP contribution in [-0.2, 0) is 0 Å². The first kappa shape index (κ1) is 25.1. The van der Waals surface area contributed by atoms with Crippen molar-refractivity contribution in [2.45, 2.75) is 18.9 Å². The molecule has 9 nitrogen and oxygen atoms in total. The first-order chi connectivity index (χ1) is 18.0. The molecule has 0 unspecified atom stereocenters. The van der Waals surface area contributed by atoms with Crippen LogP contribution < -0.4 is 25.4 Å². The second-order valence-corrected chi connectivity index (χ2v) is 9.39. The van der Waals surface area contributed by atoms with Gasteiger partial charge in [0, 0.05) is 42.0 Å². The number of benzene rings is 2. The molecule has 2 aromatic carbocycles. The first-order valence-corrected chi connectivity index (χ1v) is 12.6. The van der Waals surface area contributed by atoms with Crippen molar-refractivity contribution in [3.63, 3.8) is 0 Å². The summed E-state index contributed by atoms with van der Waals surface area (Å²) >= 11 is 13.1. The Labute approximate surface area is 223 Å². The molecule has 0 radical (unpaired) electrons. The predicted molar refractivity (Wildman–Crippen MR) is 146 cm³/mol. The molecule has 1 fully saturated rings. The fourth-order valence-corrected chi connectivity index (χ4v) is 4.63. The fraction of sp³-hybridized carbons (Fsp3) is 0.269. The molecule has 1 aliphatic rings. The van der Waals surface area contributed by atoms with Crippen LogP contribution in [0.5, 0.6) is 11.5 Å². The Hall–Kier alpha value is -3.53. The van der Waals surface area contributed by atoms with Gasteiger partial charge in [-0.25, -0.2) is 4.98 Å². The molecule has 0 atom stereocenters. The zero-order valence-electron chi connectivity index (χ0n) is 20.3. The van der Waals surface area contributed by atoms with Crippen molar-refractivity contribution < 1.29 is 14.3 Å². The summed E-state index contributed by atoms with van der Waals surface area (Å²) in [5, 5.41) is 18.0.